The van der Waals surface area contributed by atoms with Crippen LogP contribution in [0.4, 0.5) is 11.4 Å². The molecule has 2 heterocycles. The second kappa shape index (κ2) is 13.6. The van der Waals surface area contributed by atoms with Crippen LogP contribution in [0.3, 0.4) is 0 Å². The van der Waals surface area contributed by atoms with Gasteiger partial charge in [0, 0.05) is 33.8 Å². The van der Waals surface area contributed by atoms with Crippen LogP contribution in [0.5, 0.6) is 0 Å². The molecule has 0 fully saturated rings. The topological polar surface area (TPSA) is 20.6 Å². The fourth-order valence-corrected chi connectivity index (χ4v) is 5.18. The minimum absolute atomic E-state index is 0. The first kappa shape index (κ1) is 30.8. The predicted molar refractivity (Wildman–Crippen MR) is 165 cm³/mol. The van der Waals surface area contributed by atoms with Gasteiger partial charge in [-0.3, -0.25) is 0 Å². The van der Waals surface area contributed by atoms with Gasteiger partial charge in [0.1, 0.15) is 0 Å². The van der Waals surface area contributed by atoms with Crippen LogP contribution in [-0.4, -0.2) is 0 Å². The number of para-hydroxylation sites is 3. The van der Waals surface area contributed by atoms with Crippen molar-refractivity contribution in [2.24, 2.45) is 0 Å². The molecule has 0 unspecified atom stereocenters. The van der Waals surface area contributed by atoms with Crippen LogP contribution >= 0.6 is 0 Å². The first-order valence-corrected chi connectivity index (χ1v) is 14.0. The molecule has 1 aliphatic rings. The molecule has 39 heavy (non-hydrogen) atoms. The van der Waals surface area contributed by atoms with E-state index in [2.05, 4.69) is 132 Å². The van der Waals surface area contributed by atoms with Gasteiger partial charge in [-0.05, 0) is 63.7 Å². The summed E-state index contributed by atoms with van der Waals surface area (Å²) in [5, 5.41) is 1.22. The van der Waals surface area contributed by atoms with Crippen molar-refractivity contribution >= 4 is 22.3 Å². The van der Waals surface area contributed by atoms with Crippen molar-refractivity contribution in [2.75, 3.05) is 9.80 Å². The molecule has 0 bridgehead atoms. The quantitative estimate of drug-likeness (QED) is 0.148. The van der Waals surface area contributed by atoms with Gasteiger partial charge in [-0.15, -0.1) is 12.2 Å². The Balaban J connectivity index is 0.000000352. The molecular formula is C35H43AuN3-2. The third-order valence-electron chi connectivity index (χ3n) is 7.24. The normalized spacial score (nSPS) is 13.0. The number of fused-ring (bicyclic) bond motifs is 1. The summed E-state index contributed by atoms with van der Waals surface area (Å²) in [5.41, 5.74) is 9.37. The van der Waals surface area contributed by atoms with Gasteiger partial charge in [-0.1, -0.05) is 122 Å². The zero-order valence-electron chi connectivity index (χ0n) is 24.6. The molecule has 0 amide bonds. The number of aromatic nitrogens is 1. The van der Waals surface area contributed by atoms with Crippen LogP contribution in [0, 0.1) is 6.67 Å². The molecule has 0 saturated heterocycles. The summed E-state index contributed by atoms with van der Waals surface area (Å²) >= 11 is 0. The van der Waals surface area contributed by atoms with Crippen LogP contribution in [0.15, 0.2) is 85.3 Å². The molecule has 1 aliphatic heterocycles. The summed E-state index contributed by atoms with van der Waals surface area (Å²) in [6.07, 6.45) is 6.26. The van der Waals surface area contributed by atoms with Crippen molar-refractivity contribution < 1.29 is 22.4 Å². The maximum absolute atomic E-state index is 4.12. The summed E-state index contributed by atoms with van der Waals surface area (Å²) in [5.74, 6) is 1.92. The van der Waals surface area contributed by atoms with E-state index < -0.39 is 0 Å². The van der Waals surface area contributed by atoms with Crippen molar-refractivity contribution in [3.8, 4) is 0 Å². The Morgan fingerprint density at radius 2 is 0.949 bits per heavy atom. The molecule has 1 radical (unpaired) electrons. The number of nitrogens with zero attached hydrogens (tertiary/aromatic N) is 3. The summed E-state index contributed by atoms with van der Waals surface area (Å²) in [7, 11) is 0. The van der Waals surface area contributed by atoms with E-state index in [1.807, 2.05) is 30.5 Å². The van der Waals surface area contributed by atoms with E-state index in [0.29, 0.717) is 23.7 Å². The van der Waals surface area contributed by atoms with Gasteiger partial charge in [0.2, 0.25) is 0 Å². The van der Waals surface area contributed by atoms with E-state index in [9.17, 15) is 0 Å². The number of benzene rings is 3. The maximum Gasteiger partial charge on any atom is 0.0195 e. The first-order chi connectivity index (χ1) is 18.2. The molecular weight excluding hydrogens is 659 g/mol. The molecule has 5 rings (SSSR count). The molecule has 211 valence electrons. The number of hydrogen-bond donors (Lipinski definition) is 0. The van der Waals surface area contributed by atoms with E-state index in [1.54, 1.807) is 0 Å². The zero-order chi connectivity index (χ0) is 27.4. The summed E-state index contributed by atoms with van der Waals surface area (Å²) in [6, 6.07) is 23.6. The number of hydrogen-bond acceptors (Lipinski definition) is 2. The van der Waals surface area contributed by atoms with Crippen LogP contribution in [0.2, 0.25) is 0 Å². The standard InChI is InChI=1S/C27H37N2.C8H6N.Au/c1-18(2)22-11-9-12-23(19(3)4)26(22)28-15-16-29(17-28)27-24(20(5)6)13-10-14-25(27)21(7)8;1-2-4-8-7(3-1)5-6-9-8;/h9-21H,1-8H3;1-6H;/q2*-1;. The van der Waals surface area contributed by atoms with Gasteiger partial charge >= 0.3 is 0 Å². The van der Waals surface area contributed by atoms with E-state index in [0.717, 1.165) is 5.52 Å². The minimum atomic E-state index is 0. The SMILES string of the molecule is CC(C)c1cccc(C(C)C)c1N1C=CN(c2c(C(C)C)cccc2C(C)C)[CH-]1.[Au].c1ccc2[n-]ccc2c1. The molecule has 3 nitrogen and oxygen atoms in total. The number of anilines is 2. The average molecular weight is 703 g/mol. The van der Waals surface area contributed by atoms with Crippen molar-refractivity contribution in [1.82, 2.24) is 4.98 Å². The van der Waals surface area contributed by atoms with Crippen LogP contribution < -0.4 is 14.8 Å². The Labute approximate surface area is 251 Å². The van der Waals surface area contributed by atoms with Crippen molar-refractivity contribution in [2.45, 2.75) is 79.1 Å². The van der Waals surface area contributed by atoms with Crippen LogP contribution in [-0.2, 0) is 22.4 Å². The Bertz CT molecular complexity index is 1230. The second-order valence-corrected chi connectivity index (χ2v) is 11.4. The summed E-state index contributed by atoms with van der Waals surface area (Å²) in [4.78, 5) is 8.77. The first-order valence-electron chi connectivity index (χ1n) is 14.0. The van der Waals surface area contributed by atoms with Crippen LogP contribution in [0.1, 0.15) is 101 Å². The molecule has 4 heteroatoms. The van der Waals surface area contributed by atoms with Crippen molar-refractivity contribution in [1.29, 1.82) is 0 Å². The fourth-order valence-electron chi connectivity index (χ4n) is 5.18. The molecule has 0 N–H and O–H groups in total. The van der Waals surface area contributed by atoms with Gasteiger partial charge in [-0.25, -0.2) is 0 Å². The molecule has 4 aromatic rings. The Morgan fingerprint density at radius 3 is 1.33 bits per heavy atom. The fraction of sp³-hybridized carbons (Fsp3) is 0.343. The number of rotatable bonds is 6. The van der Waals surface area contributed by atoms with Gasteiger partial charge in [0.25, 0.3) is 0 Å². The van der Waals surface area contributed by atoms with E-state index >= 15 is 0 Å². The Kier molecular flexibility index (Phi) is 10.7. The smallest absolute Gasteiger partial charge is 0.0195 e. The summed E-state index contributed by atoms with van der Waals surface area (Å²) < 4.78 is 0. The third kappa shape index (κ3) is 6.90. The zero-order valence-corrected chi connectivity index (χ0v) is 26.8. The molecule has 3 aromatic carbocycles. The van der Waals surface area contributed by atoms with Gasteiger partial charge < -0.3 is 14.8 Å². The largest absolute Gasteiger partial charge is 0.664 e. The predicted octanol–water partition coefficient (Wildman–Crippen LogP) is 9.89. The van der Waals surface area contributed by atoms with Gasteiger partial charge in [-0.2, -0.15) is 6.20 Å². The van der Waals surface area contributed by atoms with E-state index in [-0.39, 0.29) is 22.4 Å². The average Bonchev–Trinajstić information content (AvgIpc) is 3.58. The third-order valence-corrected chi connectivity index (χ3v) is 7.24. The van der Waals surface area contributed by atoms with Gasteiger partial charge in [0.05, 0.1) is 0 Å². The summed E-state index contributed by atoms with van der Waals surface area (Å²) in [6.45, 7) is 20.5. The van der Waals surface area contributed by atoms with E-state index in [1.165, 1.54) is 39.0 Å². The molecule has 0 saturated carbocycles. The minimum Gasteiger partial charge on any atom is -0.664 e. The molecule has 0 aliphatic carbocycles. The molecule has 1 aromatic heterocycles. The van der Waals surface area contributed by atoms with E-state index in [4.69, 9.17) is 0 Å². The maximum atomic E-state index is 4.12. The van der Waals surface area contributed by atoms with Crippen molar-refractivity contribution in [3.63, 3.8) is 0 Å². The Morgan fingerprint density at radius 1 is 0.538 bits per heavy atom. The molecule has 0 spiro atoms. The monoisotopic (exact) mass is 702 g/mol. The molecule has 0 atom stereocenters. The second-order valence-electron chi connectivity index (χ2n) is 11.4. The van der Waals surface area contributed by atoms with Crippen molar-refractivity contribution in [3.05, 3.63) is 114 Å². The van der Waals surface area contributed by atoms with Crippen LogP contribution in [0.25, 0.3) is 10.9 Å². The van der Waals surface area contributed by atoms with Gasteiger partial charge in [0.15, 0.2) is 0 Å². The Hall–Kier alpha value is -2.72.